The highest BCUT2D eigenvalue weighted by Crippen LogP contribution is 2.22. The van der Waals surface area contributed by atoms with E-state index in [2.05, 4.69) is 25.6 Å². The summed E-state index contributed by atoms with van der Waals surface area (Å²) in [6, 6.07) is 3.28. The zero-order valence-corrected chi connectivity index (χ0v) is 13.7. The third-order valence-corrected chi connectivity index (χ3v) is 5.81. The topological polar surface area (TPSA) is 88.3 Å². The van der Waals surface area contributed by atoms with Gasteiger partial charge >= 0.3 is 10.2 Å². The maximum atomic E-state index is 12.4. The number of anilines is 1. The number of pyridine rings is 1. The van der Waals surface area contributed by atoms with Crippen molar-refractivity contribution in [2.45, 2.75) is 32.2 Å². The van der Waals surface area contributed by atoms with Crippen molar-refractivity contribution in [3.63, 3.8) is 0 Å². The summed E-state index contributed by atoms with van der Waals surface area (Å²) in [7, 11) is -3.60. The van der Waals surface area contributed by atoms with E-state index in [4.69, 9.17) is 5.73 Å². The van der Waals surface area contributed by atoms with Crippen molar-refractivity contribution in [3.05, 3.63) is 22.3 Å². The fourth-order valence-corrected chi connectivity index (χ4v) is 3.99. The van der Waals surface area contributed by atoms with E-state index < -0.39 is 10.2 Å². The van der Waals surface area contributed by atoms with E-state index in [1.54, 1.807) is 12.1 Å². The average Bonchev–Trinajstić information content (AvgIpc) is 2.42. The summed E-state index contributed by atoms with van der Waals surface area (Å²) in [5.41, 5.74) is 6.41. The first-order chi connectivity index (χ1) is 9.44. The Labute approximate surface area is 128 Å². The normalized spacial score (nSPS) is 20.9. The van der Waals surface area contributed by atoms with Crippen LogP contribution < -0.4 is 10.5 Å². The van der Waals surface area contributed by atoms with Crippen molar-refractivity contribution in [1.29, 1.82) is 0 Å². The molecule has 0 bridgehead atoms. The van der Waals surface area contributed by atoms with Crippen molar-refractivity contribution in [2.24, 2.45) is 5.73 Å². The second kappa shape index (κ2) is 6.38. The lowest BCUT2D eigenvalue weighted by atomic mass is 10.1. The van der Waals surface area contributed by atoms with Crippen LogP contribution in [0, 0.1) is 6.92 Å². The minimum Gasteiger partial charge on any atom is -0.329 e. The van der Waals surface area contributed by atoms with Gasteiger partial charge in [0.25, 0.3) is 0 Å². The highest BCUT2D eigenvalue weighted by atomic mass is 79.9. The van der Waals surface area contributed by atoms with Gasteiger partial charge in [-0.3, -0.25) is 4.72 Å². The molecule has 8 heteroatoms. The lowest BCUT2D eigenvalue weighted by molar-refractivity contribution is 0.259. The molecule has 0 aromatic carbocycles. The molecule has 2 heterocycles. The Kier molecular flexibility index (Phi) is 5.00. The monoisotopic (exact) mass is 362 g/mol. The van der Waals surface area contributed by atoms with Crippen LogP contribution in [0.15, 0.2) is 16.6 Å². The predicted octanol–water partition coefficient (Wildman–Crippen LogP) is 1.62. The van der Waals surface area contributed by atoms with Crippen LogP contribution in [0.2, 0.25) is 0 Å². The van der Waals surface area contributed by atoms with Gasteiger partial charge in [0.15, 0.2) is 0 Å². The van der Waals surface area contributed by atoms with Crippen molar-refractivity contribution >= 4 is 32.0 Å². The van der Waals surface area contributed by atoms with Crippen molar-refractivity contribution in [3.8, 4) is 0 Å². The Morgan fingerprint density at radius 2 is 2.25 bits per heavy atom. The molecule has 3 N–H and O–H groups in total. The molecule has 2 rings (SSSR count). The maximum absolute atomic E-state index is 12.4. The highest BCUT2D eigenvalue weighted by molar-refractivity contribution is 9.10. The Bertz CT molecular complexity index is 579. The van der Waals surface area contributed by atoms with E-state index in [1.807, 2.05) is 6.92 Å². The molecule has 1 fully saturated rings. The van der Waals surface area contributed by atoms with Gasteiger partial charge in [0.05, 0.1) is 5.69 Å². The van der Waals surface area contributed by atoms with Gasteiger partial charge < -0.3 is 5.73 Å². The van der Waals surface area contributed by atoms with Crippen LogP contribution in [0.25, 0.3) is 0 Å². The third-order valence-electron chi connectivity index (χ3n) is 3.41. The molecule has 0 saturated carbocycles. The molecule has 1 aliphatic heterocycles. The SMILES string of the molecule is Cc1nc(NS(=O)(=O)N2CCCCC2CN)ccc1Br. The van der Waals surface area contributed by atoms with Gasteiger partial charge in [-0.05, 0) is 47.8 Å². The summed E-state index contributed by atoms with van der Waals surface area (Å²) in [5, 5.41) is 0. The lowest BCUT2D eigenvalue weighted by Gasteiger charge is -2.33. The number of nitrogens with two attached hydrogens (primary N) is 1. The van der Waals surface area contributed by atoms with Crippen LogP contribution in [0.4, 0.5) is 5.82 Å². The van der Waals surface area contributed by atoms with Gasteiger partial charge in [-0.15, -0.1) is 0 Å². The molecule has 0 aliphatic carbocycles. The predicted molar refractivity (Wildman–Crippen MR) is 82.6 cm³/mol. The molecule has 112 valence electrons. The molecule has 1 aliphatic rings. The van der Waals surface area contributed by atoms with Crippen LogP contribution in [0.3, 0.4) is 0 Å². The summed E-state index contributed by atoms with van der Waals surface area (Å²) in [5.74, 6) is 0.326. The highest BCUT2D eigenvalue weighted by Gasteiger charge is 2.31. The number of aryl methyl sites for hydroxylation is 1. The summed E-state index contributed by atoms with van der Waals surface area (Å²) in [6.07, 6.45) is 2.69. The summed E-state index contributed by atoms with van der Waals surface area (Å²) in [4.78, 5) is 4.21. The van der Waals surface area contributed by atoms with Crippen LogP contribution in [-0.2, 0) is 10.2 Å². The molecule has 0 spiro atoms. The van der Waals surface area contributed by atoms with Gasteiger partial charge in [0, 0.05) is 23.6 Å². The molecule has 1 aromatic rings. The Balaban J connectivity index is 2.19. The van der Waals surface area contributed by atoms with E-state index >= 15 is 0 Å². The second-order valence-electron chi connectivity index (χ2n) is 4.87. The van der Waals surface area contributed by atoms with Crippen LogP contribution in [-0.4, -0.2) is 36.8 Å². The number of halogens is 1. The largest absolute Gasteiger partial charge is 0.329 e. The first-order valence-corrected chi connectivity index (χ1v) is 8.80. The first kappa shape index (κ1) is 15.7. The van der Waals surface area contributed by atoms with Gasteiger partial charge in [-0.1, -0.05) is 6.42 Å². The Morgan fingerprint density at radius 1 is 1.50 bits per heavy atom. The molecule has 0 amide bonds. The lowest BCUT2D eigenvalue weighted by Crippen LogP contribution is -2.49. The van der Waals surface area contributed by atoms with E-state index in [1.165, 1.54) is 4.31 Å². The van der Waals surface area contributed by atoms with E-state index in [-0.39, 0.29) is 6.04 Å². The van der Waals surface area contributed by atoms with Crippen molar-refractivity contribution < 1.29 is 8.42 Å². The first-order valence-electron chi connectivity index (χ1n) is 6.57. The van der Waals surface area contributed by atoms with Crippen LogP contribution in [0.1, 0.15) is 25.0 Å². The molecule has 1 atom stereocenters. The summed E-state index contributed by atoms with van der Waals surface area (Å²) < 4.78 is 29.7. The van der Waals surface area contributed by atoms with Crippen LogP contribution in [0.5, 0.6) is 0 Å². The van der Waals surface area contributed by atoms with E-state index in [9.17, 15) is 8.42 Å². The third kappa shape index (κ3) is 3.49. The summed E-state index contributed by atoms with van der Waals surface area (Å²) in [6.45, 7) is 2.66. The minimum atomic E-state index is -3.60. The smallest absolute Gasteiger partial charge is 0.303 e. The van der Waals surface area contributed by atoms with Gasteiger partial charge in [-0.2, -0.15) is 12.7 Å². The minimum absolute atomic E-state index is 0.127. The standard InChI is InChI=1S/C12H19BrN4O2S/c1-9-11(13)5-6-12(15-9)16-20(18,19)17-7-3-2-4-10(17)8-14/h5-6,10H,2-4,7-8,14H2,1H3,(H,15,16). The van der Waals surface area contributed by atoms with Gasteiger partial charge in [0.1, 0.15) is 5.82 Å². The number of aromatic nitrogens is 1. The molecular weight excluding hydrogens is 344 g/mol. The average molecular weight is 363 g/mol. The molecule has 0 radical (unpaired) electrons. The van der Waals surface area contributed by atoms with E-state index in [0.717, 1.165) is 29.4 Å². The fourth-order valence-electron chi connectivity index (χ4n) is 2.32. The zero-order valence-electron chi connectivity index (χ0n) is 11.3. The molecule has 1 aromatic heterocycles. The van der Waals surface area contributed by atoms with Gasteiger partial charge in [-0.25, -0.2) is 4.98 Å². The quantitative estimate of drug-likeness (QED) is 0.851. The molecule has 1 unspecified atom stereocenters. The molecule has 1 saturated heterocycles. The fraction of sp³-hybridized carbons (Fsp3) is 0.583. The molecule has 20 heavy (non-hydrogen) atoms. The molecule has 6 nitrogen and oxygen atoms in total. The van der Waals surface area contributed by atoms with Crippen molar-refractivity contribution in [1.82, 2.24) is 9.29 Å². The van der Waals surface area contributed by atoms with Crippen molar-refractivity contribution in [2.75, 3.05) is 17.8 Å². The van der Waals surface area contributed by atoms with Crippen LogP contribution >= 0.6 is 15.9 Å². The molecular formula is C12H19BrN4O2S. The number of rotatable bonds is 4. The van der Waals surface area contributed by atoms with E-state index in [0.29, 0.717) is 18.9 Å². The van der Waals surface area contributed by atoms with Gasteiger partial charge in [0.2, 0.25) is 0 Å². The number of nitrogens with one attached hydrogen (secondary N) is 1. The second-order valence-corrected chi connectivity index (χ2v) is 7.34. The number of hydrogen-bond acceptors (Lipinski definition) is 4. The Hall–Kier alpha value is -0.700. The number of hydrogen-bond donors (Lipinski definition) is 2. The number of nitrogens with zero attached hydrogens (tertiary/aromatic N) is 2. The number of piperidine rings is 1. The maximum Gasteiger partial charge on any atom is 0.303 e. The zero-order chi connectivity index (χ0) is 14.8. The summed E-state index contributed by atoms with van der Waals surface area (Å²) >= 11 is 3.34. The Morgan fingerprint density at radius 3 is 2.90 bits per heavy atom.